The Morgan fingerprint density at radius 1 is 1.42 bits per heavy atom. The molecule has 0 fully saturated rings. The molecule has 0 unspecified atom stereocenters. The molecule has 19 heavy (non-hydrogen) atoms. The summed E-state index contributed by atoms with van der Waals surface area (Å²) in [5, 5.41) is 11.3. The first-order valence-corrected chi connectivity index (χ1v) is 6.59. The zero-order valence-electron chi connectivity index (χ0n) is 11.2. The highest BCUT2D eigenvalue weighted by molar-refractivity contribution is 6.30. The van der Waals surface area contributed by atoms with E-state index in [0.29, 0.717) is 17.2 Å². The fraction of sp³-hybridized carbons (Fsp3) is 0.538. The fourth-order valence-electron chi connectivity index (χ4n) is 1.67. The minimum Gasteiger partial charge on any atom is -0.375 e. The van der Waals surface area contributed by atoms with Crippen molar-refractivity contribution in [1.82, 2.24) is 0 Å². The molecule has 0 aliphatic heterocycles. The van der Waals surface area contributed by atoms with Crippen LogP contribution in [0.2, 0.25) is 5.02 Å². The van der Waals surface area contributed by atoms with Crippen molar-refractivity contribution in [3.05, 3.63) is 38.9 Å². The Labute approximate surface area is 117 Å². The number of nitrogens with two attached hydrogens (primary N) is 1. The topological polar surface area (TPSA) is 78.4 Å². The molecule has 0 saturated carbocycles. The van der Waals surface area contributed by atoms with E-state index in [4.69, 9.17) is 22.1 Å². The van der Waals surface area contributed by atoms with Crippen LogP contribution in [-0.2, 0) is 11.3 Å². The molecule has 106 valence electrons. The SMILES string of the molecule is CCC(N)(CC)COCc1cc(Cl)ccc1[N+](=O)[O-]. The number of hydrogen-bond donors (Lipinski definition) is 1. The Balaban J connectivity index is 2.72. The number of benzene rings is 1. The fourth-order valence-corrected chi connectivity index (χ4v) is 1.86. The summed E-state index contributed by atoms with van der Waals surface area (Å²) in [7, 11) is 0. The third-order valence-electron chi connectivity index (χ3n) is 3.29. The normalized spacial score (nSPS) is 11.6. The maximum Gasteiger partial charge on any atom is 0.275 e. The molecule has 0 aliphatic rings. The predicted molar refractivity (Wildman–Crippen MR) is 75.3 cm³/mol. The van der Waals surface area contributed by atoms with E-state index in [1.807, 2.05) is 13.8 Å². The van der Waals surface area contributed by atoms with E-state index in [0.717, 1.165) is 12.8 Å². The van der Waals surface area contributed by atoms with E-state index in [-0.39, 0.29) is 17.8 Å². The smallest absolute Gasteiger partial charge is 0.275 e. The summed E-state index contributed by atoms with van der Waals surface area (Å²) in [6.07, 6.45) is 1.59. The molecule has 1 aromatic rings. The monoisotopic (exact) mass is 286 g/mol. The van der Waals surface area contributed by atoms with Gasteiger partial charge in [-0.1, -0.05) is 25.4 Å². The van der Waals surface area contributed by atoms with E-state index >= 15 is 0 Å². The van der Waals surface area contributed by atoms with Crippen LogP contribution in [-0.4, -0.2) is 17.1 Å². The van der Waals surface area contributed by atoms with Gasteiger partial charge in [0.15, 0.2) is 0 Å². The van der Waals surface area contributed by atoms with E-state index in [9.17, 15) is 10.1 Å². The van der Waals surface area contributed by atoms with Crippen molar-refractivity contribution in [2.75, 3.05) is 6.61 Å². The van der Waals surface area contributed by atoms with Gasteiger partial charge < -0.3 is 10.5 Å². The average Bonchev–Trinajstić information content (AvgIpc) is 2.38. The molecule has 0 amide bonds. The summed E-state index contributed by atoms with van der Waals surface area (Å²) in [5.41, 5.74) is 6.20. The summed E-state index contributed by atoms with van der Waals surface area (Å²) in [6, 6.07) is 4.43. The number of ether oxygens (including phenoxy) is 1. The third-order valence-corrected chi connectivity index (χ3v) is 3.53. The minimum absolute atomic E-state index is 0.0139. The van der Waals surface area contributed by atoms with Gasteiger partial charge in [0.05, 0.1) is 23.7 Å². The summed E-state index contributed by atoms with van der Waals surface area (Å²) in [4.78, 5) is 10.4. The van der Waals surface area contributed by atoms with Crippen molar-refractivity contribution in [1.29, 1.82) is 0 Å². The quantitative estimate of drug-likeness (QED) is 0.616. The molecule has 0 heterocycles. The van der Waals surface area contributed by atoms with Crippen molar-refractivity contribution in [3.63, 3.8) is 0 Å². The van der Waals surface area contributed by atoms with E-state index < -0.39 is 4.92 Å². The molecule has 0 bridgehead atoms. The van der Waals surface area contributed by atoms with Crippen LogP contribution in [0.25, 0.3) is 0 Å². The number of halogens is 1. The summed E-state index contributed by atoms with van der Waals surface area (Å²) in [6.45, 7) is 4.49. The van der Waals surface area contributed by atoms with E-state index in [1.54, 1.807) is 6.07 Å². The number of rotatable bonds is 7. The van der Waals surface area contributed by atoms with Gasteiger partial charge in [0, 0.05) is 16.6 Å². The van der Waals surface area contributed by atoms with Gasteiger partial charge in [0.2, 0.25) is 0 Å². The van der Waals surface area contributed by atoms with Crippen molar-refractivity contribution in [2.45, 2.75) is 38.8 Å². The lowest BCUT2D eigenvalue weighted by atomic mass is 9.96. The second kappa shape index (κ2) is 6.84. The molecule has 0 aromatic heterocycles. The van der Waals surface area contributed by atoms with Gasteiger partial charge in [-0.3, -0.25) is 10.1 Å². The van der Waals surface area contributed by atoms with Crippen LogP contribution in [0.3, 0.4) is 0 Å². The van der Waals surface area contributed by atoms with Gasteiger partial charge in [-0.15, -0.1) is 0 Å². The molecule has 5 nitrogen and oxygen atoms in total. The lowest BCUT2D eigenvalue weighted by Crippen LogP contribution is -2.43. The van der Waals surface area contributed by atoms with Crippen molar-refractivity contribution >= 4 is 17.3 Å². The van der Waals surface area contributed by atoms with Crippen LogP contribution in [0.15, 0.2) is 18.2 Å². The molecule has 0 aliphatic carbocycles. The first-order valence-electron chi connectivity index (χ1n) is 6.21. The number of nitrogens with zero attached hydrogens (tertiary/aromatic N) is 1. The van der Waals surface area contributed by atoms with Gasteiger partial charge in [-0.25, -0.2) is 0 Å². The maximum atomic E-state index is 10.9. The average molecular weight is 287 g/mol. The molecule has 0 atom stereocenters. The minimum atomic E-state index is -0.440. The molecular formula is C13H19ClN2O3. The highest BCUT2D eigenvalue weighted by Gasteiger charge is 2.21. The van der Waals surface area contributed by atoms with Gasteiger partial charge in [-0.2, -0.15) is 0 Å². The van der Waals surface area contributed by atoms with E-state index in [2.05, 4.69) is 0 Å². The van der Waals surface area contributed by atoms with Crippen molar-refractivity contribution in [2.24, 2.45) is 5.73 Å². The van der Waals surface area contributed by atoms with Gasteiger partial charge in [0.25, 0.3) is 5.69 Å². The second-order valence-electron chi connectivity index (χ2n) is 4.59. The zero-order valence-corrected chi connectivity index (χ0v) is 11.9. The lowest BCUT2D eigenvalue weighted by molar-refractivity contribution is -0.386. The Bertz CT molecular complexity index is 448. The van der Waals surface area contributed by atoms with Gasteiger partial charge >= 0.3 is 0 Å². The Morgan fingerprint density at radius 3 is 2.58 bits per heavy atom. The highest BCUT2D eigenvalue weighted by Crippen LogP contribution is 2.24. The number of hydrogen-bond acceptors (Lipinski definition) is 4. The van der Waals surface area contributed by atoms with Crippen molar-refractivity contribution < 1.29 is 9.66 Å². The summed E-state index contributed by atoms with van der Waals surface area (Å²) in [5.74, 6) is 0. The lowest BCUT2D eigenvalue weighted by Gasteiger charge is -2.26. The van der Waals surface area contributed by atoms with Crippen LogP contribution in [0.5, 0.6) is 0 Å². The standard InChI is InChI=1S/C13H19ClN2O3/c1-3-13(15,4-2)9-19-8-10-7-11(14)5-6-12(10)16(17)18/h5-7H,3-4,8-9,15H2,1-2H3. The first kappa shape index (κ1) is 15.9. The largest absolute Gasteiger partial charge is 0.375 e. The molecule has 1 rings (SSSR count). The molecule has 2 N–H and O–H groups in total. The molecule has 0 saturated heterocycles. The molecule has 6 heteroatoms. The van der Waals surface area contributed by atoms with Crippen LogP contribution >= 0.6 is 11.6 Å². The Hall–Kier alpha value is -1.17. The van der Waals surface area contributed by atoms with Crippen LogP contribution in [0.4, 0.5) is 5.69 Å². The molecule has 0 spiro atoms. The van der Waals surface area contributed by atoms with E-state index in [1.165, 1.54) is 12.1 Å². The number of nitro benzene ring substituents is 1. The second-order valence-corrected chi connectivity index (χ2v) is 5.03. The summed E-state index contributed by atoms with van der Waals surface area (Å²) >= 11 is 5.84. The van der Waals surface area contributed by atoms with Crippen LogP contribution < -0.4 is 5.73 Å². The molecule has 0 radical (unpaired) electrons. The first-order chi connectivity index (χ1) is 8.91. The predicted octanol–water partition coefficient (Wildman–Crippen LogP) is 3.28. The zero-order chi connectivity index (χ0) is 14.5. The Kier molecular flexibility index (Phi) is 5.72. The maximum absolute atomic E-state index is 10.9. The van der Waals surface area contributed by atoms with Crippen LogP contribution in [0.1, 0.15) is 32.3 Å². The Morgan fingerprint density at radius 2 is 2.05 bits per heavy atom. The highest BCUT2D eigenvalue weighted by atomic mass is 35.5. The third kappa shape index (κ3) is 4.45. The summed E-state index contributed by atoms with van der Waals surface area (Å²) < 4.78 is 5.52. The van der Waals surface area contributed by atoms with Crippen molar-refractivity contribution in [3.8, 4) is 0 Å². The van der Waals surface area contributed by atoms with Gasteiger partial charge in [0.1, 0.15) is 0 Å². The van der Waals surface area contributed by atoms with Gasteiger partial charge in [-0.05, 0) is 25.0 Å². The number of nitro groups is 1. The van der Waals surface area contributed by atoms with Crippen LogP contribution in [0, 0.1) is 10.1 Å². The molecular weight excluding hydrogens is 268 g/mol. The molecule has 1 aromatic carbocycles.